The third-order valence-corrected chi connectivity index (χ3v) is 4.92. The van der Waals surface area contributed by atoms with E-state index < -0.39 is 0 Å². The minimum atomic E-state index is 0.349. The highest BCUT2D eigenvalue weighted by Crippen LogP contribution is 2.26. The van der Waals surface area contributed by atoms with E-state index in [9.17, 15) is 0 Å². The Bertz CT molecular complexity index is 668. The van der Waals surface area contributed by atoms with Crippen LogP contribution in [0.1, 0.15) is 39.4 Å². The zero-order valence-electron chi connectivity index (χ0n) is 13.8. The van der Waals surface area contributed by atoms with Crippen LogP contribution < -0.4 is 5.32 Å². The lowest BCUT2D eigenvalue weighted by Crippen LogP contribution is -2.10. The van der Waals surface area contributed by atoms with Crippen LogP contribution in [-0.4, -0.2) is 35.3 Å². The van der Waals surface area contributed by atoms with Crippen LogP contribution in [-0.2, 0) is 22.6 Å². The first-order valence-electron chi connectivity index (χ1n) is 7.77. The van der Waals surface area contributed by atoms with Crippen LogP contribution in [0.2, 0.25) is 0 Å². The third kappa shape index (κ3) is 4.04. The molecule has 0 saturated carbocycles. The van der Waals surface area contributed by atoms with Gasteiger partial charge in [-0.3, -0.25) is 0 Å². The summed E-state index contributed by atoms with van der Waals surface area (Å²) in [6, 6.07) is 2.03. The van der Waals surface area contributed by atoms with Crippen molar-refractivity contribution < 1.29 is 9.47 Å². The lowest BCUT2D eigenvalue weighted by molar-refractivity contribution is 0.177. The van der Waals surface area contributed by atoms with Gasteiger partial charge in [0.2, 0.25) is 0 Å². The Hall–Kier alpha value is -1.57. The lowest BCUT2D eigenvalue weighted by Gasteiger charge is -2.12. The Labute approximate surface area is 140 Å². The number of hydrogen-bond acceptors (Lipinski definition) is 7. The molecule has 0 spiro atoms. The van der Waals surface area contributed by atoms with Gasteiger partial charge in [-0.2, -0.15) is 0 Å². The minimum Gasteiger partial charge on any atom is -0.381 e. The van der Waals surface area contributed by atoms with Crippen molar-refractivity contribution in [2.45, 2.75) is 39.3 Å². The van der Waals surface area contributed by atoms with Crippen LogP contribution in [0.3, 0.4) is 0 Å². The van der Waals surface area contributed by atoms with E-state index >= 15 is 0 Å². The predicted molar refractivity (Wildman–Crippen MR) is 89.8 cm³/mol. The van der Waals surface area contributed by atoms with Gasteiger partial charge in [0.05, 0.1) is 29.5 Å². The first-order valence-corrected chi connectivity index (χ1v) is 8.58. The van der Waals surface area contributed by atoms with E-state index in [1.807, 2.05) is 19.9 Å². The maximum Gasteiger partial charge on any atom is 0.156 e. The molecule has 1 N–H and O–H groups in total. The predicted octanol–water partition coefficient (Wildman–Crippen LogP) is 2.81. The van der Waals surface area contributed by atoms with Crippen LogP contribution in [0.15, 0.2) is 6.07 Å². The highest BCUT2D eigenvalue weighted by molar-refractivity contribution is 7.11. The summed E-state index contributed by atoms with van der Waals surface area (Å²) in [5, 5.41) is 4.49. The molecule has 1 saturated heterocycles. The van der Waals surface area contributed by atoms with Crippen LogP contribution in [0.25, 0.3) is 0 Å². The molecule has 1 aliphatic heterocycles. The molecular formula is C16H22N4O2S. The van der Waals surface area contributed by atoms with Gasteiger partial charge in [-0.05, 0) is 20.3 Å². The second kappa shape index (κ2) is 7.33. The summed E-state index contributed by atoms with van der Waals surface area (Å²) in [4.78, 5) is 14.9. The molecule has 0 radical (unpaired) electrons. The molecule has 6 nitrogen and oxygen atoms in total. The van der Waals surface area contributed by atoms with Crippen LogP contribution >= 0.6 is 11.3 Å². The second-order valence-electron chi connectivity index (χ2n) is 5.68. The van der Waals surface area contributed by atoms with Gasteiger partial charge in [0.1, 0.15) is 12.4 Å². The molecule has 2 aromatic rings. The number of methoxy groups -OCH3 is 1. The maximum absolute atomic E-state index is 5.48. The molecule has 2 aromatic heterocycles. The second-order valence-corrected chi connectivity index (χ2v) is 6.97. The average molecular weight is 334 g/mol. The number of nitrogens with zero attached hydrogens (tertiary/aromatic N) is 3. The third-order valence-electron chi connectivity index (χ3n) is 3.84. The Morgan fingerprint density at radius 3 is 2.87 bits per heavy atom. The largest absolute Gasteiger partial charge is 0.381 e. The first-order chi connectivity index (χ1) is 11.2. The molecule has 0 unspecified atom stereocenters. The molecule has 3 heterocycles. The van der Waals surface area contributed by atoms with E-state index in [0.29, 0.717) is 18.3 Å². The van der Waals surface area contributed by atoms with Gasteiger partial charge >= 0.3 is 0 Å². The van der Waals surface area contributed by atoms with Gasteiger partial charge < -0.3 is 14.8 Å². The van der Waals surface area contributed by atoms with Gasteiger partial charge in [0.25, 0.3) is 0 Å². The normalized spacial score (nSPS) is 17.6. The molecule has 124 valence electrons. The Morgan fingerprint density at radius 2 is 2.22 bits per heavy atom. The molecular weight excluding hydrogens is 312 g/mol. The number of rotatable bonds is 6. The van der Waals surface area contributed by atoms with Crippen LogP contribution in [0.5, 0.6) is 0 Å². The zero-order chi connectivity index (χ0) is 16.2. The highest BCUT2D eigenvalue weighted by atomic mass is 32.1. The summed E-state index contributed by atoms with van der Waals surface area (Å²) in [7, 11) is 1.66. The standard InChI is InChI=1S/C16H22N4O2S/c1-10-14(23-11(2)18-10)7-17-15-6-13(12-4-5-22-8-12)19-16(20-15)9-21-3/h6,12H,4-5,7-9H2,1-3H3,(H,17,19,20)/t12-/m0/s1. The maximum atomic E-state index is 5.48. The monoisotopic (exact) mass is 334 g/mol. The number of aromatic nitrogens is 3. The quantitative estimate of drug-likeness (QED) is 0.876. The Morgan fingerprint density at radius 1 is 1.35 bits per heavy atom. The average Bonchev–Trinajstić information content (AvgIpc) is 3.15. The topological polar surface area (TPSA) is 69.2 Å². The summed E-state index contributed by atoms with van der Waals surface area (Å²) in [6.45, 7) is 6.74. The number of ether oxygens (including phenoxy) is 2. The number of anilines is 1. The van der Waals surface area contributed by atoms with E-state index in [2.05, 4.69) is 20.3 Å². The van der Waals surface area contributed by atoms with E-state index in [1.165, 1.54) is 4.88 Å². The van der Waals surface area contributed by atoms with Crippen molar-refractivity contribution in [3.05, 3.63) is 33.2 Å². The van der Waals surface area contributed by atoms with Crippen molar-refractivity contribution >= 4 is 17.2 Å². The fourth-order valence-electron chi connectivity index (χ4n) is 2.69. The number of hydrogen-bond donors (Lipinski definition) is 1. The summed E-state index contributed by atoms with van der Waals surface area (Å²) >= 11 is 1.72. The molecule has 1 fully saturated rings. The summed E-state index contributed by atoms with van der Waals surface area (Å²) in [5.74, 6) is 1.89. The lowest BCUT2D eigenvalue weighted by atomic mass is 10.0. The van der Waals surface area contributed by atoms with E-state index in [-0.39, 0.29) is 0 Å². The van der Waals surface area contributed by atoms with E-state index in [4.69, 9.17) is 9.47 Å². The van der Waals surface area contributed by atoms with Crippen molar-refractivity contribution in [1.29, 1.82) is 0 Å². The van der Waals surface area contributed by atoms with E-state index in [1.54, 1.807) is 18.4 Å². The minimum absolute atomic E-state index is 0.349. The smallest absolute Gasteiger partial charge is 0.156 e. The number of thiazole rings is 1. The van der Waals surface area contributed by atoms with Crippen molar-refractivity contribution in [3.63, 3.8) is 0 Å². The molecule has 0 aliphatic carbocycles. The van der Waals surface area contributed by atoms with Gasteiger partial charge in [-0.15, -0.1) is 11.3 Å². The number of nitrogens with one attached hydrogen (secondary N) is 1. The summed E-state index contributed by atoms with van der Waals surface area (Å²) < 4.78 is 10.7. The highest BCUT2D eigenvalue weighted by Gasteiger charge is 2.20. The van der Waals surface area contributed by atoms with E-state index in [0.717, 1.165) is 48.4 Å². The van der Waals surface area contributed by atoms with Gasteiger partial charge in [-0.1, -0.05) is 0 Å². The van der Waals surface area contributed by atoms with Crippen molar-refractivity contribution in [3.8, 4) is 0 Å². The molecule has 1 aliphatic rings. The van der Waals surface area contributed by atoms with Gasteiger partial charge in [-0.25, -0.2) is 15.0 Å². The molecule has 1 atom stereocenters. The SMILES string of the molecule is COCc1nc(NCc2sc(C)nc2C)cc([C@H]2CCOC2)n1. The molecule has 23 heavy (non-hydrogen) atoms. The van der Waals surface area contributed by atoms with Crippen LogP contribution in [0.4, 0.5) is 5.82 Å². The van der Waals surface area contributed by atoms with Crippen molar-refractivity contribution in [2.75, 3.05) is 25.6 Å². The molecule has 0 aromatic carbocycles. The fraction of sp³-hybridized carbons (Fsp3) is 0.562. The molecule has 7 heteroatoms. The molecule has 0 bridgehead atoms. The van der Waals surface area contributed by atoms with Gasteiger partial charge in [0, 0.05) is 30.6 Å². The Kier molecular flexibility index (Phi) is 5.20. The van der Waals surface area contributed by atoms with Crippen LogP contribution in [0, 0.1) is 13.8 Å². The van der Waals surface area contributed by atoms with Crippen molar-refractivity contribution in [2.24, 2.45) is 0 Å². The summed E-state index contributed by atoms with van der Waals surface area (Å²) in [5.41, 5.74) is 2.11. The number of aryl methyl sites for hydroxylation is 2. The summed E-state index contributed by atoms with van der Waals surface area (Å²) in [6.07, 6.45) is 1.01. The fourth-order valence-corrected chi connectivity index (χ4v) is 3.56. The van der Waals surface area contributed by atoms with Gasteiger partial charge in [0.15, 0.2) is 5.82 Å². The Balaban J connectivity index is 1.78. The zero-order valence-corrected chi connectivity index (χ0v) is 14.6. The van der Waals surface area contributed by atoms with Crippen molar-refractivity contribution in [1.82, 2.24) is 15.0 Å². The molecule has 0 amide bonds. The first kappa shape index (κ1) is 16.3. The molecule has 3 rings (SSSR count).